The van der Waals surface area contributed by atoms with E-state index in [1.807, 2.05) is 18.3 Å². The molecule has 0 aromatic carbocycles. The zero-order valence-electron chi connectivity index (χ0n) is 21.9. The highest BCUT2D eigenvalue weighted by Crippen LogP contribution is 2.60. The molecule has 0 bridgehead atoms. The highest BCUT2D eigenvalue weighted by molar-refractivity contribution is 8.54. The molecule has 180 valence electrons. The van der Waals surface area contributed by atoms with Gasteiger partial charge in [-0.1, -0.05) is 30.1 Å². The number of rotatable bonds is 14. The maximum Gasteiger partial charge on any atom is 0.188 e. The molecule has 0 rings (SSSR count). The van der Waals surface area contributed by atoms with Crippen molar-refractivity contribution >= 4 is 35.7 Å². The second kappa shape index (κ2) is 13.4. The highest BCUT2D eigenvalue weighted by Gasteiger charge is 2.36. The van der Waals surface area contributed by atoms with Crippen molar-refractivity contribution in [1.29, 1.82) is 0 Å². The molecule has 7 heteroatoms. The van der Waals surface area contributed by atoms with Crippen LogP contribution in [0.3, 0.4) is 0 Å². The van der Waals surface area contributed by atoms with Gasteiger partial charge in [0, 0.05) is 42.1 Å². The third kappa shape index (κ3) is 11.0. The van der Waals surface area contributed by atoms with Gasteiger partial charge in [0.25, 0.3) is 0 Å². The first kappa shape index (κ1) is 30.7. The molecule has 30 heavy (non-hydrogen) atoms. The Morgan fingerprint density at radius 3 is 1.50 bits per heavy atom. The van der Waals surface area contributed by atoms with Crippen LogP contribution < -0.4 is 0 Å². The van der Waals surface area contributed by atoms with Crippen molar-refractivity contribution < 1.29 is 9.53 Å². The summed E-state index contributed by atoms with van der Waals surface area (Å²) in [6.07, 6.45) is 0.574. The summed E-state index contributed by atoms with van der Waals surface area (Å²) in [5.74, 6) is 1.61. The lowest BCUT2D eigenvalue weighted by atomic mass is 10.1. The molecule has 4 nitrogen and oxygen atoms in total. The van der Waals surface area contributed by atoms with Crippen LogP contribution in [0, 0.1) is 0 Å². The minimum absolute atomic E-state index is 0.233. The van der Waals surface area contributed by atoms with Gasteiger partial charge in [-0.15, -0.1) is 0 Å². The molecule has 0 unspecified atom stereocenters. The Labute approximate surface area is 197 Å². The second-order valence-corrected chi connectivity index (χ2v) is 15.1. The van der Waals surface area contributed by atoms with Crippen LogP contribution >= 0.6 is 30.6 Å². The Balaban J connectivity index is 5.47. The summed E-state index contributed by atoms with van der Waals surface area (Å²) < 4.78 is 11.9. The summed E-state index contributed by atoms with van der Waals surface area (Å²) in [6, 6.07) is 1.95. The maximum absolute atomic E-state index is 11.7. The Morgan fingerprint density at radius 1 is 0.800 bits per heavy atom. The summed E-state index contributed by atoms with van der Waals surface area (Å²) >= 11 is 3.44. The van der Waals surface area contributed by atoms with Gasteiger partial charge in [-0.2, -0.15) is 0 Å². The van der Waals surface area contributed by atoms with Crippen molar-refractivity contribution in [2.75, 3.05) is 11.5 Å². The molecule has 0 heterocycles. The number of carbonyl (C=O) groups excluding carboxylic acids is 1. The topological polar surface area (TPSA) is 32.8 Å². The molecule has 0 saturated heterocycles. The number of hydrogen-bond acceptors (Lipinski definition) is 6. The molecular formula is C23H49N2O2PS2. The van der Waals surface area contributed by atoms with Crippen molar-refractivity contribution in [2.45, 2.75) is 132 Å². The summed E-state index contributed by atoms with van der Waals surface area (Å²) in [6.45, 7) is 28.9. The first-order valence-corrected chi connectivity index (χ1v) is 15.2. The van der Waals surface area contributed by atoms with Gasteiger partial charge in [-0.25, -0.2) is 0 Å². The molecule has 0 aliphatic carbocycles. The molecule has 0 aliphatic rings. The first-order chi connectivity index (χ1) is 13.5. The predicted octanol–water partition coefficient (Wildman–Crippen LogP) is 7.43. The van der Waals surface area contributed by atoms with Gasteiger partial charge < -0.3 is 4.74 Å². The normalized spacial score (nSPS) is 13.9. The Bertz CT molecular complexity index is 475. The third-order valence-electron chi connectivity index (χ3n) is 4.46. The number of nitrogens with zero attached hydrogens (tertiary/aromatic N) is 2. The molecule has 0 aromatic heterocycles. The lowest BCUT2D eigenvalue weighted by Gasteiger charge is -2.47. The minimum Gasteiger partial charge on any atom is -0.368 e. The monoisotopic (exact) mass is 480 g/mol. The SMILES string of the molecule is CCC(=O)SCC(C)(C)OC(C)(C)CSP(N(C(C)C)C(C)C)N(C(C)C)C(C)C. The lowest BCUT2D eigenvalue weighted by Crippen LogP contribution is -2.43. The maximum atomic E-state index is 11.7. The van der Waals surface area contributed by atoms with Gasteiger partial charge >= 0.3 is 0 Å². The van der Waals surface area contributed by atoms with E-state index in [9.17, 15) is 4.79 Å². The molecule has 0 spiro atoms. The van der Waals surface area contributed by atoms with Gasteiger partial charge in [0.1, 0.15) is 7.42 Å². The molecule has 0 fully saturated rings. The standard InChI is InChI=1S/C23H49N2O2PS2/c1-14-21(26)29-15-22(10,11)27-23(12,13)16-30-28(24(17(2)3)18(4)5)25(19(6)7)20(8)9/h17-20H,14-16H2,1-13H3. The van der Waals surface area contributed by atoms with E-state index in [-0.39, 0.29) is 16.3 Å². The van der Waals surface area contributed by atoms with Crippen LogP contribution in [0.15, 0.2) is 0 Å². The zero-order valence-corrected chi connectivity index (χ0v) is 24.4. The largest absolute Gasteiger partial charge is 0.368 e. The van der Waals surface area contributed by atoms with Gasteiger partial charge in [-0.05, 0) is 83.1 Å². The van der Waals surface area contributed by atoms with Crippen LogP contribution in [-0.2, 0) is 9.53 Å². The smallest absolute Gasteiger partial charge is 0.188 e. The quantitative estimate of drug-likeness (QED) is 0.240. The molecule has 0 radical (unpaired) electrons. The fraction of sp³-hybridized carbons (Fsp3) is 0.957. The number of thioether (sulfide) groups is 1. The third-order valence-corrected chi connectivity index (χ3v) is 11.8. The minimum atomic E-state index is -0.528. The Kier molecular flexibility index (Phi) is 13.7. The van der Waals surface area contributed by atoms with Gasteiger partial charge in [0.2, 0.25) is 0 Å². The second-order valence-electron chi connectivity index (χ2n) is 10.3. The number of carbonyl (C=O) groups is 1. The van der Waals surface area contributed by atoms with E-state index in [1.54, 1.807) is 0 Å². The van der Waals surface area contributed by atoms with Crippen LogP contribution in [0.1, 0.15) is 96.4 Å². The van der Waals surface area contributed by atoms with E-state index < -0.39 is 7.42 Å². The zero-order chi connectivity index (χ0) is 23.9. The van der Waals surface area contributed by atoms with E-state index in [0.717, 1.165) is 5.75 Å². The summed E-state index contributed by atoms with van der Waals surface area (Å²) in [5.41, 5.74) is -0.613. The van der Waals surface area contributed by atoms with Gasteiger partial charge in [-0.3, -0.25) is 14.1 Å². The van der Waals surface area contributed by atoms with E-state index in [1.165, 1.54) is 11.8 Å². The molecule has 0 saturated carbocycles. The number of hydrogen-bond donors (Lipinski definition) is 0. The molecule has 0 aliphatic heterocycles. The Morgan fingerprint density at radius 2 is 1.17 bits per heavy atom. The number of ether oxygens (including phenoxy) is 1. The predicted molar refractivity (Wildman–Crippen MR) is 141 cm³/mol. The van der Waals surface area contributed by atoms with Crippen LogP contribution in [0.4, 0.5) is 0 Å². The van der Waals surface area contributed by atoms with Crippen molar-refractivity contribution in [2.24, 2.45) is 0 Å². The van der Waals surface area contributed by atoms with E-state index >= 15 is 0 Å². The summed E-state index contributed by atoms with van der Waals surface area (Å²) in [7, 11) is -0.528. The van der Waals surface area contributed by atoms with Gasteiger partial charge in [0.15, 0.2) is 5.12 Å². The first-order valence-electron chi connectivity index (χ1n) is 11.4. The van der Waals surface area contributed by atoms with Crippen molar-refractivity contribution in [3.05, 3.63) is 0 Å². The van der Waals surface area contributed by atoms with Gasteiger partial charge in [0.05, 0.1) is 11.2 Å². The van der Waals surface area contributed by atoms with Crippen molar-refractivity contribution in [3.8, 4) is 0 Å². The fourth-order valence-electron chi connectivity index (χ4n) is 3.61. The van der Waals surface area contributed by atoms with E-state index in [4.69, 9.17) is 4.74 Å². The summed E-state index contributed by atoms with van der Waals surface area (Å²) in [5, 5.41) is 0.233. The van der Waals surface area contributed by atoms with Crippen LogP contribution in [0.2, 0.25) is 0 Å². The molecule has 0 atom stereocenters. The molecule has 0 N–H and O–H groups in total. The fourth-order valence-corrected chi connectivity index (χ4v) is 11.3. The summed E-state index contributed by atoms with van der Waals surface area (Å²) in [4.78, 5) is 11.7. The van der Waals surface area contributed by atoms with Crippen LogP contribution in [0.5, 0.6) is 0 Å². The van der Waals surface area contributed by atoms with Crippen molar-refractivity contribution in [3.63, 3.8) is 0 Å². The molecule has 0 aromatic rings. The molecular weight excluding hydrogens is 431 g/mol. The average Bonchev–Trinajstić information content (AvgIpc) is 2.55. The average molecular weight is 481 g/mol. The highest BCUT2D eigenvalue weighted by atomic mass is 32.7. The Hall–Kier alpha value is 0.680. The lowest BCUT2D eigenvalue weighted by molar-refractivity contribution is -0.111. The molecule has 0 amide bonds. The van der Waals surface area contributed by atoms with Crippen LogP contribution in [-0.4, -0.2) is 61.3 Å². The van der Waals surface area contributed by atoms with Crippen molar-refractivity contribution in [1.82, 2.24) is 9.34 Å². The van der Waals surface area contributed by atoms with E-state index in [2.05, 4.69) is 92.4 Å². The van der Waals surface area contributed by atoms with Crippen LogP contribution in [0.25, 0.3) is 0 Å². The van der Waals surface area contributed by atoms with E-state index in [0.29, 0.717) is 36.3 Å².